The van der Waals surface area contributed by atoms with Gasteiger partial charge < -0.3 is 4.57 Å². The summed E-state index contributed by atoms with van der Waals surface area (Å²) in [7, 11) is 0. The predicted molar refractivity (Wildman–Crippen MR) is 231 cm³/mol. The first-order valence-electron chi connectivity index (χ1n) is 18.7. The molecule has 3 nitrogen and oxygen atoms in total. The predicted octanol–water partition coefficient (Wildman–Crippen LogP) is 13.7. The Morgan fingerprint density at radius 3 is 1.25 bits per heavy atom. The molecular formula is C52H33N3. The van der Waals surface area contributed by atoms with Crippen LogP contribution in [0.15, 0.2) is 200 Å². The molecule has 55 heavy (non-hydrogen) atoms. The zero-order valence-electron chi connectivity index (χ0n) is 29.9. The van der Waals surface area contributed by atoms with Gasteiger partial charge in [0.05, 0.1) is 22.1 Å². The molecule has 0 radical (unpaired) electrons. The molecule has 0 atom stereocenters. The first-order valence-corrected chi connectivity index (χ1v) is 18.7. The minimum absolute atomic E-state index is 0.943. The van der Waals surface area contributed by atoms with Crippen LogP contribution in [-0.4, -0.2) is 14.5 Å². The van der Waals surface area contributed by atoms with Crippen LogP contribution in [-0.2, 0) is 0 Å². The molecule has 2 heterocycles. The van der Waals surface area contributed by atoms with Crippen molar-refractivity contribution < 1.29 is 0 Å². The van der Waals surface area contributed by atoms with Crippen molar-refractivity contribution in [3.63, 3.8) is 0 Å². The van der Waals surface area contributed by atoms with Crippen LogP contribution in [0.2, 0.25) is 0 Å². The Morgan fingerprint density at radius 2 is 0.673 bits per heavy atom. The van der Waals surface area contributed by atoms with Crippen LogP contribution in [0.3, 0.4) is 0 Å². The second-order valence-corrected chi connectivity index (χ2v) is 14.2. The number of rotatable bonds is 5. The van der Waals surface area contributed by atoms with Crippen LogP contribution in [0.25, 0.3) is 105 Å². The molecule has 0 aliphatic heterocycles. The third-order valence-corrected chi connectivity index (χ3v) is 11.1. The first-order chi connectivity index (χ1) is 27.3. The molecule has 0 N–H and O–H groups in total. The fourth-order valence-corrected chi connectivity index (χ4v) is 8.38. The lowest BCUT2D eigenvalue weighted by Crippen LogP contribution is -1.93. The van der Waals surface area contributed by atoms with Gasteiger partial charge in [-0.05, 0) is 85.6 Å². The Labute approximate surface area is 318 Å². The number of nitrogens with zero attached hydrogens (tertiary/aromatic N) is 3. The number of fused-ring (bicyclic) bond motifs is 9. The quantitative estimate of drug-likeness (QED) is 0.167. The Balaban J connectivity index is 0.865. The summed E-state index contributed by atoms with van der Waals surface area (Å²) >= 11 is 0. The van der Waals surface area contributed by atoms with Gasteiger partial charge in [-0.15, -0.1) is 0 Å². The van der Waals surface area contributed by atoms with Crippen LogP contribution < -0.4 is 0 Å². The number of para-hydroxylation sites is 2. The van der Waals surface area contributed by atoms with Crippen molar-refractivity contribution in [2.24, 2.45) is 0 Å². The van der Waals surface area contributed by atoms with Crippen molar-refractivity contribution in [2.75, 3.05) is 0 Å². The van der Waals surface area contributed by atoms with E-state index in [1.54, 1.807) is 12.4 Å². The van der Waals surface area contributed by atoms with Crippen molar-refractivity contribution in [1.82, 2.24) is 14.5 Å². The summed E-state index contributed by atoms with van der Waals surface area (Å²) in [6, 6.07) is 68.1. The lowest BCUT2D eigenvalue weighted by Gasteiger charge is -2.11. The van der Waals surface area contributed by atoms with E-state index in [-0.39, 0.29) is 0 Å². The molecule has 11 aromatic rings. The van der Waals surface area contributed by atoms with Crippen LogP contribution in [0.1, 0.15) is 0 Å². The van der Waals surface area contributed by atoms with Crippen molar-refractivity contribution in [1.29, 1.82) is 0 Å². The van der Waals surface area contributed by atoms with E-state index in [4.69, 9.17) is 4.98 Å². The monoisotopic (exact) mass is 699 g/mol. The molecule has 0 spiro atoms. The van der Waals surface area contributed by atoms with Gasteiger partial charge in [-0.2, -0.15) is 0 Å². The SMILES string of the molecule is c1ccc(-n2c3ccccc3c3ccc(-c4ccc(-c5ccc(-c6ccc(-c7ccc8c(c7)c7ccccc7c7nccnc87)cc6)cc5)cc4)cc32)cc1. The van der Waals surface area contributed by atoms with Crippen molar-refractivity contribution in [3.05, 3.63) is 200 Å². The van der Waals surface area contributed by atoms with Gasteiger partial charge in [0.25, 0.3) is 0 Å². The summed E-state index contributed by atoms with van der Waals surface area (Å²) in [6.45, 7) is 0. The average molecular weight is 700 g/mol. The Hall–Kier alpha value is -7.36. The highest BCUT2D eigenvalue weighted by Gasteiger charge is 2.14. The number of benzene rings is 9. The first kappa shape index (κ1) is 31.2. The third kappa shape index (κ3) is 5.20. The van der Waals surface area contributed by atoms with Gasteiger partial charge in [0.1, 0.15) is 0 Å². The van der Waals surface area contributed by atoms with Gasteiger partial charge in [0, 0.05) is 39.6 Å². The van der Waals surface area contributed by atoms with E-state index in [0.29, 0.717) is 0 Å². The molecule has 0 fully saturated rings. The maximum atomic E-state index is 4.71. The van der Waals surface area contributed by atoms with E-state index in [9.17, 15) is 0 Å². The Bertz CT molecular complexity index is 3180. The minimum Gasteiger partial charge on any atom is -0.309 e. The van der Waals surface area contributed by atoms with Gasteiger partial charge in [0.15, 0.2) is 0 Å². The van der Waals surface area contributed by atoms with Crippen molar-refractivity contribution >= 4 is 54.4 Å². The van der Waals surface area contributed by atoms with Gasteiger partial charge in [-0.25, -0.2) is 0 Å². The van der Waals surface area contributed by atoms with Crippen molar-refractivity contribution in [3.8, 4) is 50.2 Å². The third-order valence-electron chi connectivity index (χ3n) is 11.1. The Morgan fingerprint density at radius 1 is 0.273 bits per heavy atom. The fourth-order valence-electron chi connectivity index (χ4n) is 8.38. The largest absolute Gasteiger partial charge is 0.309 e. The van der Waals surface area contributed by atoms with Gasteiger partial charge in [-0.1, -0.05) is 158 Å². The van der Waals surface area contributed by atoms with Crippen molar-refractivity contribution in [2.45, 2.75) is 0 Å². The molecule has 0 saturated heterocycles. The molecular weight excluding hydrogens is 667 g/mol. The lowest BCUT2D eigenvalue weighted by molar-refractivity contribution is 1.18. The molecule has 11 rings (SSSR count). The fraction of sp³-hybridized carbons (Fsp3) is 0. The van der Waals surface area contributed by atoms with E-state index in [2.05, 4.69) is 198 Å². The zero-order chi connectivity index (χ0) is 36.3. The van der Waals surface area contributed by atoms with E-state index in [0.717, 1.165) is 21.8 Å². The van der Waals surface area contributed by atoms with E-state index < -0.39 is 0 Å². The zero-order valence-corrected chi connectivity index (χ0v) is 29.9. The summed E-state index contributed by atoms with van der Waals surface area (Å²) in [6.07, 6.45) is 3.55. The summed E-state index contributed by atoms with van der Waals surface area (Å²) in [5.41, 5.74) is 15.1. The topological polar surface area (TPSA) is 30.7 Å². The highest BCUT2D eigenvalue weighted by Crippen LogP contribution is 2.38. The molecule has 0 bridgehead atoms. The molecule has 0 aliphatic rings. The van der Waals surface area contributed by atoms with Crippen LogP contribution in [0, 0.1) is 0 Å². The van der Waals surface area contributed by atoms with E-state index in [1.807, 2.05) is 0 Å². The highest BCUT2D eigenvalue weighted by atomic mass is 15.0. The van der Waals surface area contributed by atoms with Gasteiger partial charge in [-0.3, -0.25) is 9.97 Å². The van der Waals surface area contributed by atoms with E-state index in [1.165, 1.54) is 82.8 Å². The smallest absolute Gasteiger partial charge is 0.0971 e. The van der Waals surface area contributed by atoms with Gasteiger partial charge >= 0.3 is 0 Å². The molecule has 0 aliphatic carbocycles. The summed E-state index contributed by atoms with van der Waals surface area (Å²) in [4.78, 5) is 9.39. The van der Waals surface area contributed by atoms with Gasteiger partial charge in [0.2, 0.25) is 0 Å². The van der Waals surface area contributed by atoms with Crippen LogP contribution in [0.4, 0.5) is 0 Å². The Kier molecular flexibility index (Phi) is 7.17. The standard InChI is InChI=1S/C52H33N3/c1-2-8-42(9-3-1)55-49-13-7-6-11-44(49)45-28-26-41(33-50(45)55)39-24-20-37(21-25-39)35-16-14-34(15-17-35)36-18-22-38(23-19-36)40-27-29-47-48(32-40)43-10-4-5-12-46(43)51-52(47)54-31-30-53-51/h1-33H. The molecule has 9 aromatic carbocycles. The molecule has 0 amide bonds. The molecule has 2 aromatic heterocycles. The maximum Gasteiger partial charge on any atom is 0.0971 e. The minimum atomic E-state index is 0.943. The van der Waals surface area contributed by atoms with Crippen LogP contribution in [0.5, 0.6) is 0 Å². The maximum absolute atomic E-state index is 4.71. The van der Waals surface area contributed by atoms with Crippen LogP contribution >= 0.6 is 0 Å². The summed E-state index contributed by atoms with van der Waals surface area (Å²) < 4.78 is 2.38. The molecule has 256 valence electrons. The highest BCUT2D eigenvalue weighted by molar-refractivity contribution is 6.23. The second kappa shape index (κ2) is 12.6. The number of hydrogen-bond donors (Lipinski definition) is 0. The molecule has 3 heteroatoms. The summed E-state index contributed by atoms with van der Waals surface area (Å²) in [5.74, 6) is 0. The summed E-state index contributed by atoms with van der Waals surface area (Å²) in [5, 5.41) is 7.19. The average Bonchev–Trinajstić information content (AvgIpc) is 3.60. The number of aromatic nitrogens is 3. The molecule has 0 saturated carbocycles. The second-order valence-electron chi connectivity index (χ2n) is 14.2. The normalized spacial score (nSPS) is 11.6. The number of hydrogen-bond acceptors (Lipinski definition) is 2. The molecule has 0 unspecified atom stereocenters. The lowest BCUT2D eigenvalue weighted by atomic mass is 9.94. The van der Waals surface area contributed by atoms with E-state index >= 15 is 0 Å².